The quantitative estimate of drug-likeness (QED) is 0.792. The van der Waals surface area contributed by atoms with Crippen molar-refractivity contribution in [3.63, 3.8) is 0 Å². The highest BCUT2D eigenvalue weighted by atomic mass is 32.2. The summed E-state index contributed by atoms with van der Waals surface area (Å²) in [5, 5.41) is 0. The summed E-state index contributed by atoms with van der Waals surface area (Å²) in [7, 11) is -0.314. The van der Waals surface area contributed by atoms with Crippen LogP contribution >= 0.6 is 0 Å². The molecular weight excluding hydrogens is 322 g/mol. The van der Waals surface area contributed by atoms with Crippen molar-refractivity contribution in [2.24, 2.45) is 5.73 Å². The van der Waals surface area contributed by atoms with Gasteiger partial charge in [0.1, 0.15) is 0 Å². The van der Waals surface area contributed by atoms with E-state index in [2.05, 4.69) is 17.0 Å². The lowest BCUT2D eigenvalue weighted by Gasteiger charge is -2.22. The smallest absolute Gasteiger partial charge is 0.242 e. The second kappa shape index (κ2) is 8.39. The van der Waals surface area contributed by atoms with E-state index in [4.69, 9.17) is 5.73 Å². The number of benzene rings is 2. The zero-order valence-corrected chi connectivity index (χ0v) is 15.0. The maximum atomic E-state index is 12.1. The molecule has 0 bridgehead atoms. The van der Waals surface area contributed by atoms with Crippen molar-refractivity contribution < 1.29 is 8.42 Å². The van der Waals surface area contributed by atoms with Crippen LogP contribution in [-0.2, 0) is 23.1 Å². The van der Waals surface area contributed by atoms with Crippen LogP contribution in [0.25, 0.3) is 0 Å². The molecule has 0 aliphatic carbocycles. The van der Waals surface area contributed by atoms with Crippen molar-refractivity contribution >= 4 is 10.0 Å². The van der Waals surface area contributed by atoms with Gasteiger partial charge in [-0.3, -0.25) is 4.90 Å². The SMILES string of the molecule is CN(C)S(=O)(=O)c1ccc(CN(CCN)Cc2ccccc2)cc1. The van der Waals surface area contributed by atoms with Crippen LogP contribution in [0.1, 0.15) is 11.1 Å². The summed E-state index contributed by atoms with van der Waals surface area (Å²) in [4.78, 5) is 2.56. The summed E-state index contributed by atoms with van der Waals surface area (Å²) in [5.41, 5.74) is 8.03. The molecule has 0 fully saturated rings. The molecule has 2 N–H and O–H groups in total. The largest absolute Gasteiger partial charge is 0.329 e. The van der Waals surface area contributed by atoms with Crippen molar-refractivity contribution in [1.82, 2.24) is 9.21 Å². The van der Waals surface area contributed by atoms with Gasteiger partial charge >= 0.3 is 0 Å². The average molecular weight is 347 g/mol. The molecule has 0 aliphatic heterocycles. The van der Waals surface area contributed by atoms with E-state index in [0.717, 1.165) is 25.2 Å². The minimum atomic E-state index is -3.38. The summed E-state index contributed by atoms with van der Waals surface area (Å²) in [5.74, 6) is 0. The highest BCUT2D eigenvalue weighted by molar-refractivity contribution is 7.89. The summed E-state index contributed by atoms with van der Waals surface area (Å²) in [6.07, 6.45) is 0. The topological polar surface area (TPSA) is 66.6 Å². The Kier molecular flexibility index (Phi) is 6.51. The van der Waals surface area contributed by atoms with Gasteiger partial charge in [-0.05, 0) is 23.3 Å². The molecule has 0 heterocycles. The Labute approximate surface area is 144 Å². The zero-order valence-electron chi connectivity index (χ0n) is 14.2. The molecule has 0 radical (unpaired) electrons. The summed E-state index contributed by atoms with van der Waals surface area (Å²) in [6.45, 7) is 2.91. The molecule has 0 saturated heterocycles. The van der Waals surface area contributed by atoms with Gasteiger partial charge in [0, 0.05) is 40.3 Å². The third-order valence-electron chi connectivity index (χ3n) is 3.80. The lowest BCUT2D eigenvalue weighted by atomic mass is 10.1. The lowest BCUT2D eigenvalue weighted by Crippen LogP contribution is -2.28. The van der Waals surface area contributed by atoms with E-state index < -0.39 is 10.0 Å². The highest BCUT2D eigenvalue weighted by Crippen LogP contribution is 2.16. The Balaban J connectivity index is 2.10. The number of hydrogen-bond acceptors (Lipinski definition) is 4. The van der Waals surface area contributed by atoms with Gasteiger partial charge in [0.2, 0.25) is 10.0 Å². The van der Waals surface area contributed by atoms with Crippen LogP contribution in [0.5, 0.6) is 0 Å². The predicted molar refractivity (Wildman–Crippen MR) is 96.9 cm³/mol. The van der Waals surface area contributed by atoms with Gasteiger partial charge in [0.25, 0.3) is 0 Å². The highest BCUT2D eigenvalue weighted by Gasteiger charge is 2.16. The first-order valence-corrected chi connectivity index (χ1v) is 9.35. The van der Waals surface area contributed by atoms with E-state index in [9.17, 15) is 8.42 Å². The molecule has 5 nitrogen and oxygen atoms in total. The van der Waals surface area contributed by atoms with Crippen molar-refractivity contribution in [2.75, 3.05) is 27.2 Å². The monoisotopic (exact) mass is 347 g/mol. The molecule has 130 valence electrons. The lowest BCUT2D eigenvalue weighted by molar-refractivity contribution is 0.264. The maximum Gasteiger partial charge on any atom is 0.242 e. The minimum Gasteiger partial charge on any atom is -0.329 e. The molecule has 6 heteroatoms. The number of nitrogens with two attached hydrogens (primary N) is 1. The molecule has 0 aliphatic rings. The van der Waals surface area contributed by atoms with E-state index in [1.54, 1.807) is 12.1 Å². The van der Waals surface area contributed by atoms with Crippen LogP contribution < -0.4 is 5.73 Å². The van der Waals surface area contributed by atoms with Gasteiger partial charge in [-0.1, -0.05) is 42.5 Å². The Morgan fingerprint density at radius 2 is 1.42 bits per heavy atom. The Hall–Kier alpha value is -1.73. The van der Waals surface area contributed by atoms with Crippen molar-refractivity contribution in [2.45, 2.75) is 18.0 Å². The van der Waals surface area contributed by atoms with E-state index in [1.807, 2.05) is 30.3 Å². The number of rotatable bonds is 8. The molecule has 2 aromatic rings. The zero-order chi connectivity index (χ0) is 17.6. The Morgan fingerprint density at radius 3 is 1.92 bits per heavy atom. The van der Waals surface area contributed by atoms with Crippen molar-refractivity contribution in [1.29, 1.82) is 0 Å². The van der Waals surface area contributed by atoms with E-state index in [1.165, 1.54) is 24.0 Å². The Morgan fingerprint density at radius 1 is 0.875 bits per heavy atom. The maximum absolute atomic E-state index is 12.1. The molecule has 0 aromatic heterocycles. The van der Waals surface area contributed by atoms with Crippen molar-refractivity contribution in [3.05, 3.63) is 65.7 Å². The molecule has 0 spiro atoms. The van der Waals surface area contributed by atoms with Gasteiger partial charge in [-0.15, -0.1) is 0 Å². The first-order chi connectivity index (χ1) is 11.4. The molecule has 0 saturated carbocycles. The molecule has 0 amide bonds. The fraction of sp³-hybridized carbons (Fsp3) is 0.333. The molecule has 0 atom stereocenters. The summed E-state index contributed by atoms with van der Waals surface area (Å²) < 4.78 is 25.4. The average Bonchev–Trinajstić information content (AvgIpc) is 2.56. The van der Waals surface area contributed by atoms with Gasteiger partial charge in [-0.2, -0.15) is 0 Å². The third-order valence-corrected chi connectivity index (χ3v) is 5.63. The second-order valence-corrected chi connectivity index (χ2v) is 8.07. The predicted octanol–water partition coefficient (Wildman–Crippen LogP) is 1.90. The number of nitrogens with zero attached hydrogens (tertiary/aromatic N) is 2. The first-order valence-electron chi connectivity index (χ1n) is 7.91. The van der Waals surface area contributed by atoms with Gasteiger partial charge in [0.05, 0.1) is 4.90 Å². The second-order valence-electron chi connectivity index (χ2n) is 5.92. The van der Waals surface area contributed by atoms with Crippen LogP contribution in [0.3, 0.4) is 0 Å². The van der Waals surface area contributed by atoms with E-state index >= 15 is 0 Å². The van der Waals surface area contributed by atoms with E-state index in [0.29, 0.717) is 11.4 Å². The van der Waals surface area contributed by atoms with Crippen LogP contribution in [0.2, 0.25) is 0 Å². The molecule has 2 rings (SSSR count). The molecule has 24 heavy (non-hydrogen) atoms. The fourth-order valence-electron chi connectivity index (χ4n) is 2.47. The van der Waals surface area contributed by atoms with Crippen LogP contribution in [-0.4, -0.2) is 44.8 Å². The van der Waals surface area contributed by atoms with Gasteiger partial charge in [-0.25, -0.2) is 12.7 Å². The molecular formula is C18H25N3O2S. The summed E-state index contributed by atoms with van der Waals surface area (Å²) >= 11 is 0. The minimum absolute atomic E-state index is 0.310. The molecule has 2 aromatic carbocycles. The van der Waals surface area contributed by atoms with Crippen molar-refractivity contribution in [3.8, 4) is 0 Å². The normalized spacial score (nSPS) is 12.0. The summed E-state index contributed by atoms with van der Waals surface area (Å²) in [6, 6.07) is 17.3. The Bertz CT molecular complexity index is 729. The van der Waals surface area contributed by atoms with Gasteiger partial charge in [0.15, 0.2) is 0 Å². The number of sulfonamides is 1. The van der Waals surface area contributed by atoms with Crippen LogP contribution in [0.4, 0.5) is 0 Å². The molecule has 0 unspecified atom stereocenters. The standard InChI is InChI=1S/C18H25N3O2S/c1-20(2)24(22,23)18-10-8-17(9-11-18)15-21(13-12-19)14-16-6-4-3-5-7-16/h3-11H,12-15,19H2,1-2H3. The van der Waals surface area contributed by atoms with Crippen LogP contribution in [0.15, 0.2) is 59.5 Å². The first kappa shape index (κ1) is 18.6. The number of hydrogen-bond donors (Lipinski definition) is 1. The van der Waals surface area contributed by atoms with Gasteiger partial charge < -0.3 is 5.73 Å². The van der Waals surface area contributed by atoms with E-state index in [-0.39, 0.29) is 0 Å². The fourth-order valence-corrected chi connectivity index (χ4v) is 3.38. The third kappa shape index (κ3) is 4.88. The van der Waals surface area contributed by atoms with Crippen LogP contribution in [0, 0.1) is 0 Å².